The topological polar surface area (TPSA) is 52.3 Å². The molecule has 74 valence electrons. The quantitative estimate of drug-likeness (QED) is 0.584. The highest BCUT2D eigenvalue weighted by Gasteiger charge is 2.07. The van der Waals surface area contributed by atoms with Crippen LogP contribution in [0, 0.1) is 0 Å². The molecule has 0 aliphatic carbocycles. The van der Waals surface area contributed by atoms with Gasteiger partial charge in [0.1, 0.15) is 0 Å². The molecular formula is C11H13NO2. The summed E-state index contributed by atoms with van der Waals surface area (Å²) in [5, 5.41) is 0. The van der Waals surface area contributed by atoms with E-state index in [4.69, 9.17) is 5.73 Å². The van der Waals surface area contributed by atoms with Crippen molar-refractivity contribution in [1.82, 2.24) is 0 Å². The Kier molecular flexibility index (Phi) is 3.42. The van der Waals surface area contributed by atoms with Gasteiger partial charge in [0, 0.05) is 6.04 Å². The number of nitrogens with two attached hydrogens (primary N) is 1. The maximum absolute atomic E-state index is 11.2. The van der Waals surface area contributed by atoms with Gasteiger partial charge in [-0.1, -0.05) is 18.2 Å². The minimum Gasteiger partial charge on any atom is -0.465 e. The molecular weight excluding hydrogens is 178 g/mol. The summed E-state index contributed by atoms with van der Waals surface area (Å²) in [6.07, 6.45) is 1.62. The Labute approximate surface area is 83.2 Å². The molecule has 0 aliphatic rings. The molecule has 1 unspecified atom stereocenters. The summed E-state index contributed by atoms with van der Waals surface area (Å²) in [4.78, 5) is 11.2. The molecule has 1 rings (SSSR count). The largest absolute Gasteiger partial charge is 0.465 e. The monoisotopic (exact) mass is 191 g/mol. The van der Waals surface area contributed by atoms with Crippen molar-refractivity contribution < 1.29 is 9.53 Å². The van der Waals surface area contributed by atoms with Crippen LogP contribution in [0.25, 0.3) is 0 Å². The van der Waals surface area contributed by atoms with Gasteiger partial charge in [-0.25, -0.2) is 4.79 Å². The van der Waals surface area contributed by atoms with E-state index in [0.717, 1.165) is 5.56 Å². The molecule has 0 spiro atoms. The lowest BCUT2D eigenvalue weighted by molar-refractivity contribution is 0.0600. The van der Waals surface area contributed by atoms with E-state index in [1.165, 1.54) is 7.11 Å². The molecule has 0 amide bonds. The molecule has 3 nitrogen and oxygen atoms in total. The van der Waals surface area contributed by atoms with Crippen molar-refractivity contribution in [3.63, 3.8) is 0 Å². The lowest BCUT2D eigenvalue weighted by Crippen LogP contribution is -2.08. The van der Waals surface area contributed by atoms with Crippen molar-refractivity contribution >= 4 is 5.97 Å². The molecule has 0 saturated carbocycles. The Morgan fingerprint density at radius 3 is 2.93 bits per heavy atom. The van der Waals surface area contributed by atoms with Gasteiger partial charge in [-0.2, -0.15) is 0 Å². The van der Waals surface area contributed by atoms with E-state index in [9.17, 15) is 4.79 Å². The maximum atomic E-state index is 11.2. The van der Waals surface area contributed by atoms with Crippen LogP contribution in [0.2, 0.25) is 0 Å². The van der Waals surface area contributed by atoms with Crippen molar-refractivity contribution in [2.75, 3.05) is 7.11 Å². The zero-order valence-electron chi connectivity index (χ0n) is 8.07. The number of ether oxygens (including phenoxy) is 1. The van der Waals surface area contributed by atoms with Crippen LogP contribution in [0.15, 0.2) is 36.9 Å². The fraction of sp³-hybridized carbons (Fsp3) is 0.182. The van der Waals surface area contributed by atoms with E-state index in [2.05, 4.69) is 11.3 Å². The van der Waals surface area contributed by atoms with E-state index >= 15 is 0 Å². The second-order valence-corrected chi connectivity index (χ2v) is 2.88. The third-order valence-corrected chi connectivity index (χ3v) is 1.95. The summed E-state index contributed by atoms with van der Waals surface area (Å²) in [6, 6.07) is 6.76. The second-order valence-electron chi connectivity index (χ2n) is 2.88. The summed E-state index contributed by atoms with van der Waals surface area (Å²) in [6.45, 7) is 3.59. The molecule has 0 heterocycles. The van der Waals surface area contributed by atoms with Crippen LogP contribution in [0.3, 0.4) is 0 Å². The number of carbonyl (C=O) groups excluding carboxylic acids is 1. The Hall–Kier alpha value is -1.61. The normalized spacial score (nSPS) is 11.9. The molecule has 1 aromatic rings. The smallest absolute Gasteiger partial charge is 0.337 e. The van der Waals surface area contributed by atoms with Gasteiger partial charge in [-0.3, -0.25) is 0 Å². The van der Waals surface area contributed by atoms with Gasteiger partial charge < -0.3 is 10.5 Å². The average Bonchev–Trinajstić information content (AvgIpc) is 2.27. The van der Waals surface area contributed by atoms with E-state index in [1.54, 1.807) is 24.3 Å². The van der Waals surface area contributed by atoms with Crippen LogP contribution < -0.4 is 5.73 Å². The SMILES string of the molecule is C=CC(N)c1cccc(C(=O)OC)c1. The Morgan fingerprint density at radius 1 is 1.64 bits per heavy atom. The highest BCUT2D eigenvalue weighted by Crippen LogP contribution is 2.13. The molecule has 14 heavy (non-hydrogen) atoms. The van der Waals surface area contributed by atoms with E-state index in [1.807, 2.05) is 6.07 Å². The van der Waals surface area contributed by atoms with Crippen LogP contribution in [-0.4, -0.2) is 13.1 Å². The zero-order valence-corrected chi connectivity index (χ0v) is 8.07. The molecule has 2 N–H and O–H groups in total. The number of rotatable bonds is 3. The Balaban J connectivity index is 3.00. The minimum atomic E-state index is -0.358. The van der Waals surface area contributed by atoms with Gasteiger partial charge in [0.25, 0.3) is 0 Å². The zero-order chi connectivity index (χ0) is 10.6. The molecule has 0 aromatic heterocycles. The van der Waals surface area contributed by atoms with Gasteiger partial charge in [-0.05, 0) is 17.7 Å². The highest BCUT2D eigenvalue weighted by atomic mass is 16.5. The van der Waals surface area contributed by atoms with Crippen LogP contribution in [0.4, 0.5) is 0 Å². The van der Waals surface area contributed by atoms with Crippen LogP contribution in [-0.2, 0) is 4.74 Å². The number of esters is 1. The lowest BCUT2D eigenvalue weighted by Gasteiger charge is -2.07. The predicted octanol–water partition coefficient (Wildman–Crippen LogP) is 1.66. The molecule has 0 fully saturated rings. The molecule has 1 atom stereocenters. The Morgan fingerprint density at radius 2 is 2.36 bits per heavy atom. The predicted molar refractivity (Wildman–Crippen MR) is 54.9 cm³/mol. The van der Waals surface area contributed by atoms with Crippen molar-refractivity contribution in [1.29, 1.82) is 0 Å². The first kappa shape index (κ1) is 10.5. The summed E-state index contributed by atoms with van der Waals surface area (Å²) in [5.41, 5.74) is 7.09. The van der Waals surface area contributed by atoms with Crippen molar-refractivity contribution in [2.24, 2.45) is 5.73 Å². The van der Waals surface area contributed by atoms with Gasteiger partial charge in [0.05, 0.1) is 12.7 Å². The maximum Gasteiger partial charge on any atom is 0.337 e. The summed E-state index contributed by atoms with van der Waals surface area (Å²) in [5.74, 6) is -0.358. The molecule has 3 heteroatoms. The van der Waals surface area contributed by atoms with Crippen LogP contribution >= 0.6 is 0 Å². The van der Waals surface area contributed by atoms with E-state index < -0.39 is 0 Å². The molecule has 0 bridgehead atoms. The van der Waals surface area contributed by atoms with E-state index in [-0.39, 0.29) is 12.0 Å². The lowest BCUT2D eigenvalue weighted by atomic mass is 10.0. The number of methoxy groups -OCH3 is 1. The molecule has 0 radical (unpaired) electrons. The third kappa shape index (κ3) is 2.20. The molecule has 0 saturated heterocycles. The number of carbonyl (C=O) groups is 1. The average molecular weight is 191 g/mol. The first-order valence-corrected chi connectivity index (χ1v) is 4.25. The first-order valence-electron chi connectivity index (χ1n) is 4.25. The fourth-order valence-electron chi connectivity index (χ4n) is 1.13. The van der Waals surface area contributed by atoms with Gasteiger partial charge >= 0.3 is 5.97 Å². The molecule has 1 aromatic carbocycles. The number of hydrogen-bond donors (Lipinski definition) is 1. The Bertz CT molecular complexity index is 347. The summed E-state index contributed by atoms with van der Waals surface area (Å²) >= 11 is 0. The van der Waals surface area contributed by atoms with Crippen molar-refractivity contribution in [2.45, 2.75) is 6.04 Å². The third-order valence-electron chi connectivity index (χ3n) is 1.95. The van der Waals surface area contributed by atoms with Gasteiger partial charge in [-0.15, -0.1) is 6.58 Å². The standard InChI is InChI=1S/C11H13NO2/c1-3-10(12)8-5-4-6-9(7-8)11(13)14-2/h3-7,10H,1,12H2,2H3. The highest BCUT2D eigenvalue weighted by molar-refractivity contribution is 5.89. The van der Waals surface area contributed by atoms with Crippen molar-refractivity contribution in [3.05, 3.63) is 48.0 Å². The van der Waals surface area contributed by atoms with Gasteiger partial charge in [0.2, 0.25) is 0 Å². The first-order chi connectivity index (χ1) is 6.69. The second kappa shape index (κ2) is 4.58. The van der Waals surface area contributed by atoms with Gasteiger partial charge in [0.15, 0.2) is 0 Å². The summed E-state index contributed by atoms with van der Waals surface area (Å²) < 4.78 is 4.60. The number of benzene rings is 1. The minimum absolute atomic E-state index is 0.250. The molecule has 0 aliphatic heterocycles. The fourth-order valence-corrected chi connectivity index (χ4v) is 1.13. The van der Waals surface area contributed by atoms with E-state index in [0.29, 0.717) is 5.56 Å². The van der Waals surface area contributed by atoms with Crippen molar-refractivity contribution in [3.8, 4) is 0 Å². The summed E-state index contributed by atoms with van der Waals surface area (Å²) in [7, 11) is 1.35. The number of hydrogen-bond acceptors (Lipinski definition) is 3. The van der Waals surface area contributed by atoms with Crippen LogP contribution in [0.1, 0.15) is 22.0 Å². The van der Waals surface area contributed by atoms with Crippen LogP contribution in [0.5, 0.6) is 0 Å².